The number of fused-ring (bicyclic) bond motifs is 2. The number of ether oxygens (including phenoxy) is 1. The Bertz CT molecular complexity index is 1350. The molecule has 0 bridgehead atoms. The van der Waals surface area contributed by atoms with Crippen molar-refractivity contribution in [3.05, 3.63) is 52.0 Å². The van der Waals surface area contributed by atoms with Crippen LogP contribution in [0.3, 0.4) is 0 Å². The van der Waals surface area contributed by atoms with Crippen molar-refractivity contribution in [2.45, 2.75) is 20.4 Å². The molecule has 0 saturated heterocycles. The minimum atomic E-state index is -0.567. The molecular formula is C23H26Cl2N4O4S. The molecule has 0 N–H and O–H groups in total. The Morgan fingerprint density at radius 1 is 1.18 bits per heavy atom. The molecule has 0 radical (unpaired) electrons. The fourth-order valence-corrected chi connectivity index (χ4v) is 5.01. The Kier molecular flexibility index (Phi) is 8.59. The van der Waals surface area contributed by atoms with E-state index in [9.17, 15) is 9.59 Å². The highest BCUT2D eigenvalue weighted by Gasteiger charge is 2.24. The number of hydrogen-bond donors (Lipinski definition) is 0. The fraction of sp³-hybridized carbons (Fsp3) is 0.348. The van der Waals surface area contributed by atoms with Crippen molar-refractivity contribution in [1.29, 1.82) is 0 Å². The number of thiazole rings is 1. The largest absolute Gasteiger partial charge is 0.494 e. The number of anilines is 1. The van der Waals surface area contributed by atoms with Crippen LogP contribution in [0.15, 0.2) is 45.6 Å². The molecule has 182 valence electrons. The number of rotatable bonds is 9. The first kappa shape index (κ1) is 26.0. The van der Waals surface area contributed by atoms with E-state index in [0.717, 1.165) is 17.8 Å². The van der Waals surface area contributed by atoms with Crippen LogP contribution in [0.2, 0.25) is 5.02 Å². The minimum absolute atomic E-state index is 0. The number of oxazole rings is 1. The summed E-state index contributed by atoms with van der Waals surface area (Å²) in [4.78, 5) is 34.5. The number of methoxy groups -OCH3 is 1. The van der Waals surface area contributed by atoms with Gasteiger partial charge in [0.05, 0.1) is 22.3 Å². The molecule has 4 rings (SSSR count). The van der Waals surface area contributed by atoms with Crippen LogP contribution in [0.5, 0.6) is 5.75 Å². The minimum Gasteiger partial charge on any atom is -0.494 e. The second kappa shape index (κ2) is 11.2. The summed E-state index contributed by atoms with van der Waals surface area (Å²) in [7, 11) is 1.57. The molecule has 0 aliphatic carbocycles. The van der Waals surface area contributed by atoms with Gasteiger partial charge in [-0.3, -0.25) is 14.3 Å². The van der Waals surface area contributed by atoms with Crippen LogP contribution in [0.1, 0.15) is 13.8 Å². The SMILES string of the molecule is CCN(CC)CCN(C(=O)Cn1c(=O)oc2ccccc21)c1nc2c(OC)ccc(Cl)c2s1.Cl. The van der Waals surface area contributed by atoms with E-state index in [1.807, 2.05) is 0 Å². The number of hydrogen-bond acceptors (Lipinski definition) is 7. The molecule has 0 fully saturated rings. The average Bonchev–Trinajstić information content (AvgIpc) is 3.39. The van der Waals surface area contributed by atoms with Crippen LogP contribution in [-0.2, 0) is 11.3 Å². The van der Waals surface area contributed by atoms with E-state index in [2.05, 4.69) is 18.7 Å². The molecule has 4 aromatic rings. The molecule has 0 spiro atoms. The average molecular weight is 525 g/mol. The lowest BCUT2D eigenvalue weighted by Crippen LogP contribution is -2.41. The third-order valence-corrected chi connectivity index (χ3v) is 7.14. The first-order chi connectivity index (χ1) is 16.0. The molecule has 0 atom stereocenters. The summed E-state index contributed by atoms with van der Waals surface area (Å²) < 4.78 is 12.8. The molecule has 8 nitrogen and oxygen atoms in total. The predicted molar refractivity (Wildman–Crippen MR) is 139 cm³/mol. The monoisotopic (exact) mass is 524 g/mol. The summed E-state index contributed by atoms with van der Waals surface area (Å²) in [6.45, 7) is 6.82. The Morgan fingerprint density at radius 3 is 2.62 bits per heavy atom. The van der Waals surface area contributed by atoms with Gasteiger partial charge in [-0.1, -0.05) is 48.9 Å². The van der Waals surface area contributed by atoms with E-state index in [-0.39, 0.29) is 24.9 Å². The van der Waals surface area contributed by atoms with E-state index >= 15 is 0 Å². The summed E-state index contributed by atoms with van der Waals surface area (Å²) in [6.07, 6.45) is 0. The van der Waals surface area contributed by atoms with Crippen LogP contribution < -0.4 is 15.4 Å². The van der Waals surface area contributed by atoms with E-state index in [4.69, 9.17) is 25.7 Å². The molecule has 0 unspecified atom stereocenters. The highest BCUT2D eigenvalue weighted by molar-refractivity contribution is 7.23. The molecule has 2 aromatic heterocycles. The van der Waals surface area contributed by atoms with Crippen molar-refractivity contribution >= 4 is 67.7 Å². The topological polar surface area (TPSA) is 80.8 Å². The third-order valence-electron chi connectivity index (χ3n) is 5.60. The maximum absolute atomic E-state index is 13.5. The van der Waals surface area contributed by atoms with Gasteiger partial charge in [0.25, 0.3) is 0 Å². The first-order valence-corrected chi connectivity index (χ1v) is 11.9. The molecule has 0 aliphatic rings. The van der Waals surface area contributed by atoms with E-state index in [1.54, 1.807) is 48.4 Å². The number of carbonyl (C=O) groups excluding carboxylic acids is 1. The van der Waals surface area contributed by atoms with Gasteiger partial charge in [-0.15, -0.1) is 12.4 Å². The third kappa shape index (κ3) is 5.07. The summed E-state index contributed by atoms with van der Waals surface area (Å²) in [5.41, 5.74) is 1.63. The molecule has 2 aromatic carbocycles. The van der Waals surface area contributed by atoms with Gasteiger partial charge in [-0.2, -0.15) is 0 Å². The number of benzene rings is 2. The maximum Gasteiger partial charge on any atom is 0.420 e. The smallest absolute Gasteiger partial charge is 0.420 e. The molecule has 1 amide bonds. The van der Waals surface area contributed by atoms with E-state index in [1.165, 1.54) is 15.9 Å². The molecule has 0 saturated carbocycles. The van der Waals surface area contributed by atoms with Gasteiger partial charge in [0.2, 0.25) is 5.91 Å². The predicted octanol–water partition coefficient (Wildman–Crippen LogP) is 4.66. The molecule has 2 heterocycles. The molecule has 0 aliphatic heterocycles. The number of nitrogens with zero attached hydrogens (tertiary/aromatic N) is 4. The summed E-state index contributed by atoms with van der Waals surface area (Å²) in [6, 6.07) is 10.6. The molecule has 34 heavy (non-hydrogen) atoms. The summed E-state index contributed by atoms with van der Waals surface area (Å²) in [5, 5.41) is 1.05. The van der Waals surface area contributed by atoms with E-state index in [0.29, 0.717) is 45.6 Å². The normalized spacial score (nSPS) is 11.2. The number of carbonyl (C=O) groups is 1. The van der Waals surface area contributed by atoms with Crippen LogP contribution in [0.4, 0.5) is 5.13 Å². The van der Waals surface area contributed by atoms with Gasteiger partial charge in [-0.05, 0) is 37.4 Å². The number of halogens is 2. The van der Waals surface area contributed by atoms with Gasteiger partial charge in [-0.25, -0.2) is 9.78 Å². The van der Waals surface area contributed by atoms with Gasteiger partial charge in [0.15, 0.2) is 10.7 Å². The second-order valence-electron chi connectivity index (χ2n) is 7.42. The van der Waals surface area contributed by atoms with Crippen molar-refractivity contribution in [3.63, 3.8) is 0 Å². The van der Waals surface area contributed by atoms with Crippen molar-refractivity contribution in [2.24, 2.45) is 0 Å². The van der Waals surface area contributed by atoms with Gasteiger partial charge >= 0.3 is 5.76 Å². The van der Waals surface area contributed by atoms with Crippen molar-refractivity contribution in [1.82, 2.24) is 14.5 Å². The number of para-hydroxylation sites is 2. The Labute approximate surface area is 212 Å². The van der Waals surface area contributed by atoms with Crippen LogP contribution in [0, 0.1) is 0 Å². The second-order valence-corrected chi connectivity index (χ2v) is 8.80. The quantitative estimate of drug-likeness (QED) is 0.316. The Hall–Kier alpha value is -2.59. The number of amides is 1. The summed E-state index contributed by atoms with van der Waals surface area (Å²) in [5.74, 6) is -0.239. The number of aromatic nitrogens is 2. The van der Waals surface area contributed by atoms with Crippen molar-refractivity contribution in [3.8, 4) is 5.75 Å². The molecule has 11 heteroatoms. The zero-order chi connectivity index (χ0) is 23.5. The van der Waals surface area contributed by atoms with Crippen molar-refractivity contribution < 1.29 is 13.9 Å². The standard InChI is InChI=1S/C23H25ClN4O4S.ClH/c1-4-26(5-2)12-13-27(22-25-20-18(31-3)11-10-15(24)21(20)33-22)19(29)14-28-16-8-6-7-9-17(16)32-23(28)30;/h6-11H,4-5,12-14H2,1-3H3;1H. The van der Waals surface area contributed by atoms with Crippen LogP contribution >= 0.6 is 35.3 Å². The van der Waals surface area contributed by atoms with Gasteiger partial charge in [0.1, 0.15) is 17.8 Å². The van der Waals surface area contributed by atoms with E-state index < -0.39 is 5.76 Å². The van der Waals surface area contributed by atoms with Crippen LogP contribution in [0.25, 0.3) is 21.3 Å². The highest BCUT2D eigenvalue weighted by atomic mass is 35.5. The first-order valence-electron chi connectivity index (χ1n) is 10.7. The highest BCUT2D eigenvalue weighted by Crippen LogP contribution is 2.38. The van der Waals surface area contributed by atoms with Gasteiger partial charge < -0.3 is 14.1 Å². The number of likely N-dealkylation sites (N-methyl/N-ethyl adjacent to an activating group) is 1. The lowest BCUT2D eigenvalue weighted by Gasteiger charge is -2.24. The van der Waals surface area contributed by atoms with Crippen molar-refractivity contribution in [2.75, 3.05) is 38.2 Å². The lowest BCUT2D eigenvalue weighted by molar-refractivity contribution is -0.119. The lowest BCUT2D eigenvalue weighted by atomic mass is 10.3. The zero-order valence-electron chi connectivity index (χ0n) is 19.1. The Morgan fingerprint density at radius 2 is 1.91 bits per heavy atom. The fourth-order valence-electron chi connectivity index (χ4n) is 3.71. The maximum atomic E-state index is 13.5. The zero-order valence-corrected chi connectivity index (χ0v) is 21.5. The van der Waals surface area contributed by atoms with Gasteiger partial charge in [0, 0.05) is 13.1 Å². The molecular weight excluding hydrogens is 499 g/mol. The van der Waals surface area contributed by atoms with Crippen LogP contribution in [-0.4, -0.2) is 53.6 Å². The Balaban J connectivity index is 0.00000324. The summed E-state index contributed by atoms with van der Waals surface area (Å²) >= 11 is 7.73.